The Morgan fingerprint density at radius 2 is 0.961 bits per heavy atom. The molecule has 2 aromatic heterocycles. The summed E-state index contributed by atoms with van der Waals surface area (Å²) >= 11 is 0. The normalized spacial score (nSPS) is 14.8. The van der Waals surface area contributed by atoms with E-state index in [1.54, 1.807) is 0 Å². The van der Waals surface area contributed by atoms with Gasteiger partial charge < -0.3 is 9.13 Å². The number of hydrogen-bond acceptors (Lipinski definition) is 4. The van der Waals surface area contributed by atoms with Gasteiger partial charge in [0.25, 0.3) is 0 Å². The van der Waals surface area contributed by atoms with Crippen LogP contribution in [0.25, 0.3) is 72.8 Å². The monoisotopic (exact) mass is 672 g/mol. The molecule has 1 atom stereocenters. The highest BCUT2D eigenvalue weighted by Crippen LogP contribution is 2.55. The van der Waals surface area contributed by atoms with E-state index in [1.807, 2.05) is 109 Å². The van der Waals surface area contributed by atoms with Gasteiger partial charge in [-0.25, -0.2) is 15.0 Å². The lowest BCUT2D eigenvalue weighted by Gasteiger charge is -2.17. The number of aromatic nitrogens is 4. The Morgan fingerprint density at radius 1 is 0.431 bits per heavy atom. The van der Waals surface area contributed by atoms with Crippen LogP contribution in [0, 0.1) is 0 Å². The molecule has 1 aliphatic rings. The maximum atomic E-state index is 15.7. The lowest BCUT2D eigenvalue weighted by molar-refractivity contribution is 0.593. The summed E-state index contributed by atoms with van der Waals surface area (Å²) in [6, 6.07) is 59.4. The SMILES string of the molecule is O=P1(c2ccccc2)c2ccccc2-c2ccc3c(c21)c1ccccc1n3-c1ccc(-c2nc(-c3ccccc3)nc(-c3ccccc3)n2)cc1. The van der Waals surface area contributed by atoms with Crippen molar-refractivity contribution in [2.75, 3.05) is 0 Å². The van der Waals surface area contributed by atoms with E-state index in [0.29, 0.717) is 17.5 Å². The Kier molecular flexibility index (Phi) is 6.70. The fourth-order valence-electron chi connectivity index (χ4n) is 7.56. The molecule has 3 heterocycles. The van der Waals surface area contributed by atoms with Gasteiger partial charge in [0.1, 0.15) is 0 Å². The van der Waals surface area contributed by atoms with Gasteiger partial charge in [-0.15, -0.1) is 0 Å². The number of benzene rings is 7. The average molecular weight is 673 g/mol. The van der Waals surface area contributed by atoms with Crippen molar-refractivity contribution in [1.82, 2.24) is 19.5 Å². The summed E-state index contributed by atoms with van der Waals surface area (Å²) in [5.74, 6) is 1.86. The van der Waals surface area contributed by atoms with Gasteiger partial charge in [0.2, 0.25) is 0 Å². The first-order valence-corrected chi connectivity index (χ1v) is 18.7. The molecule has 0 aliphatic carbocycles. The van der Waals surface area contributed by atoms with Crippen molar-refractivity contribution < 1.29 is 4.57 Å². The largest absolute Gasteiger partial charge is 0.309 e. The van der Waals surface area contributed by atoms with Gasteiger partial charge in [-0.2, -0.15) is 0 Å². The summed E-state index contributed by atoms with van der Waals surface area (Å²) in [5, 5.41) is 4.79. The fourth-order valence-corrected chi connectivity index (χ4v) is 10.8. The van der Waals surface area contributed by atoms with Gasteiger partial charge in [-0.3, -0.25) is 0 Å². The van der Waals surface area contributed by atoms with E-state index in [4.69, 9.17) is 15.0 Å². The molecule has 1 aliphatic heterocycles. The second kappa shape index (κ2) is 11.6. The van der Waals surface area contributed by atoms with E-state index < -0.39 is 7.14 Å². The minimum atomic E-state index is -3.17. The molecule has 0 bridgehead atoms. The van der Waals surface area contributed by atoms with Crippen molar-refractivity contribution in [2.24, 2.45) is 0 Å². The van der Waals surface area contributed by atoms with E-state index in [-0.39, 0.29) is 0 Å². The molecule has 0 spiro atoms. The van der Waals surface area contributed by atoms with E-state index in [9.17, 15) is 0 Å². The first-order chi connectivity index (χ1) is 25.2. The lowest BCUT2D eigenvalue weighted by Crippen LogP contribution is -2.21. The van der Waals surface area contributed by atoms with Crippen LogP contribution in [-0.2, 0) is 4.57 Å². The predicted octanol–water partition coefficient (Wildman–Crippen LogP) is 9.59. The van der Waals surface area contributed by atoms with E-state index in [0.717, 1.165) is 71.2 Å². The van der Waals surface area contributed by atoms with E-state index in [2.05, 4.69) is 71.3 Å². The Bertz CT molecular complexity index is 2760. The van der Waals surface area contributed by atoms with Crippen molar-refractivity contribution in [1.29, 1.82) is 0 Å². The van der Waals surface area contributed by atoms with Crippen molar-refractivity contribution >= 4 is 44.9 Å². The fraction of sp³-hybridized carbons (Fsp3) is 0. The predicted molar refractivity (Wildman–Crippen MR) is 209 cm³/mol. The summed E-state index contributed by atoms with van der Waals surface area (Å²) in [4.78, 5) is 14.7. The van der Waals surface area contributed by atoms with Crippen LogP contribution in [0.15, 0.2) is 176 Å². The van der Waals surface area contributed by atoms with Crippen molar-refractivity contribution in [2.45, 2.75) is 0 Å². The number of fused-ring (bicyclic) bond motifs is 7. The second-order valence-corrected chi connectivity index (χ2v) is 15.4. The minimum Gasteiger partial charge on any atom is -0.309 e. The summed E-state index contributed by atoms with van der Waals surface area (Å²) in [5.41, 5.74) is 7.92. The molecule has 6 heteroatoms. The molecule has 7 aromatic carbocycles. The smallest absolute Gasteiger partial charge is 0.172 e. The van der Waals surface area contributed by atoms with Gasteiger partial charge in [0, 0.05) is 49.1 Å². The number of hydrogen-bond donors (Lipinski definition) is 0. The number of para-hydroxylation sites is 1. The van der Waals surface area contributed by atoms with Crippen molar-refractivity contribution in [3.8, 4) is 51.0 Å². The summed E-state index contributed by atoms with van der Waals surface area (Å²) in [6.07, 6.45) is 0. The zero-order valence-corrected chi connectivity index (χ0v) is 28.3. The zero-order valence-electron chi connectivity index (χ0n) is 27.4. The van der Waals surface area contributed by atoms with Gasteiger partial charge in [0.15, 0.2) is 24.6 Å². The molecule has 5 nitrogen and oxygen atoms in total. The summed E-state index contributed by atoms with van der Waals surface area (Å²) < 4.78 is 18.0. The average Bonchev–Trinajstić information content (AvgIpc) is 3.69. The zero-order chi connectivity index (χ0) is 33.9. The third-order valence-corrected chi connectivity index (χ3v) is 13.1. The van der Waals surface area contributed by atoms with Gasteiger partial charge in [0.05, 0.1) is 11.0 Å². The molecule has 9 aromatic rings. The summed E-state index contributed by atoms with van der Waals surface area (Å²) in [6.45, 7) is 0. The molecule has 0 radical (unpaired) electrons. The molecule has 0 saturated carbocycles. The van der Waals surface area contributed by atoms with Crippen LogP contribution in [0.1, 0.15) is 0 Å². The van der Waals surface area contributed by atoms with Crippen LogP contribution in [0.4, 0.5) is 0 Å². The molecule has 0 fully saturated rings. The topological polar surface area (TPSA) is 60.7 Å². The number of nitrogens with zero attached hydrogens (tertiary/aromatic N) is 4. The van der Waals surface area contributed by atoms with Crippen LogP contribution >= 0.6 is 7.14 Å². The highest BCUT2D eigenvalue weighted by Gasteiger charge is 2.42. The standard InChI is InChI=1S/C45H29N4OP/c50-51(34-18-8-3-9-19-34)40-23-13-11-20-35(40)36-28-29-39-41(42(36)51)37-21-10-12-22-38(37)49(39)33-26-24-32(25-27-33)45-47-43(30-14-4-1-5-15-30)46-44(48-45)31-16-6-2-7-17-31/h1-29H. The lowest BCUT2D eigenvalue weighted by atomic mass is 10.0. The highest BCUT2D eigenvalue weighted by atomic mass is 31.2. The molecular formula is C45H29N4OP. The molecule has 0 saturated heterocycles. The van der Waals surface area contributed by atoms with Gasteiger partial charge in [-0.1, -0.05) is 140 Å². The molecule has 0 N–H and O–H groups in total. The van der Waals surface area contributed by atoms with Crippen LogP contribution < -0.4 is 15.9 Å². The Balaban J connectivity index is 1.16. The second-order valence-electron chi connectivity index (χ2n) is 12.8. The summed E-state index contributed by atoms with van der Waals surface area (Å²) in [7, 11) is -3.17. The van der Waals surface area contributed by atoms with Crippen LogP contribution in [0.3, 0.4) is 0 Å². The van der Waals surface area contributed by atoms with Gasteiger partial charge >= 0.3 is 0 Å². The Labute approximate surface area is 294 Å². The first kappa shape index (κ1) is 29.5. The molecule has 1 unspecified atom stereocenters. The highest BCUT2D eigenvalue weighted by molar-refractivity contribution is 7.86. The maximum absolute atomic E-state index is 15.7. The quantitative estimate of drug-likeness (QED) is 0.171. The molecular weight excluding hydrogens is 643 g/mol. The van der Waals surface area contributed by atoms with Crippen LogP contribution in [0.5, 0.6) is 0 Å². The molecule has 0 amide bonds. The third-order valence-electron chi connectivity index (χ3n) is 9.86. The maximum Gasteiger partial charge on any atom is 0.172 e. The third kappa shape index (κ3) is 4.56. The van der Waals surface area contributed by atoms with E-state index in [1.165, 1.54) is 0 Å². The Morgan fingerprint density at radius 3 is 1.61 bits per heavy atom. The molecule has 240 valence electrons. The van der Waals surface area contributed by atoms with Crippen molar-refractivity contribution in [3.63, 3.8) is 0 Å². The molecule has 10 rings (SSSR count). The molecule has 51 heavy (non-hydrogen) atoms. The van der Waals surface area contributed by atoms with E-state index >= 15 is 4.57 Å². The number of rotatable bonds is 5. The van der Waals surface area contributed by atoms with Crippen molar-refractivity contribution in [3.05, 3.63) is 176 Å². The van der Waals surface area contributed by atoms with Gasteiger partial charge in [-0.05, 0) is 47.5 Å². The first-order valence-electron chi connectivity index (χ1n) is 17.0. The van der Waals surface area contributed by atoms with Crippen LogP contribution in [-0.4, -0.2) is 19.5 Å². The Hall–Kier alpha value is -6.42. The van der Waals surface area contributed by atoms with Crippen LogP contribution in [0.2, 0.25) is 0 Å². The minimum absolute atomic E-state index is 0.607.